The van der Waals surface area contributed by atoms with E-state index in [0.717, 1.165) is 25.7 Å². The molecule has 0 amide bonds. The van der Waals surface area contributed by atoms with Crippen LogP contribution in [0.15, 0.2) is 25.3 Å². The molecule has 6 heteroatoms. The van der Waals surface area contributed by atoms with E-state index in [4.69, 9.17) is 24.4 Å². The fourth-order valence-electron chi connectivity index (χ4n) is 2.18. The van der Waals surface area contributed by atoms with E-state index >= 15 is 0 Å². The molecule has 0 radical (unpaired) electrons. The van der Waals surface area contributed by atoms with Crippen molar-refractivity contribution < 1.29 is 0 Å². The van der Waals surface area contributed by atoms with Crippen LogP contribution in [-0.2, 0) is 0 Å². The quantitative estimate of drug-likeness (QED) is 0.441. The van der Waals surface area contributed by atoms with Gasteiger partial charge in [-0.05, 0) is 50.1 Å². The van der Waals surface area contributed by atoms with Crippen LogP contribution in [0.1, 0.15) is 25.7 Å². The fourth-order valence-corrected chi connectivity index (χ4v) is 2.68. The molecule has 1 aliphatic carbocycles. The average Bonchev–Trinajstić information content (AvgIpc) is 2.45. The lowest BCUT2D eigenvalue weighted by atomic mass is 9.91. The Morgan fingerprint density at radius 3 is 1.50 bits per heavy atom. The van der Waals surface area contributed by atoms with E-state index in [0.29, 0.717) is 35.4 Å². The lowest BCUT2D eigenvalue weighted by molar-refractivity contribution is 0.353. The Morgan fingerprint density at radius 1 is 0.850 bits per heavy atom. The Hall–Kier alpha value is -1.14. The van der Waals surface area contributed by atoms with Gasteiger partial charge in [-0.25, -0.2) is 0 Å². The van der Waals surface area contributed by atoms with Crippen molar-refractivity contribution in [2.75, 3.05) is 13.1 Å². The van der Waals surface area contributed by atoms with E-state index in [1.165, 1.54) is 0 Å². The van der Waals surface area contributed by atoms with E-state index in [1.54, 1.807) is 12.2 Å². The number of hydrogen-bond acceptors (Lipinski definition) is 2. The Morgan fingerprint density at radius 2 is 1.20 bits per heavy atom. The Labute approximate surface area is 132 Å². The van der Waals surface area contributed by atoms with Crippen molar-refractivity contribution in [2.45, 2.75) is 37.8 Å². The second-order valence-electron chi connectivity index (χ2n) is 4.83. The predicted molar refractivity (Wildman–Crippen MR) is 93.9 cm³/mol. The molecular weight excluding hydrogens is 288 g/mol. The Balaban J connectivity index is 2.19. The minimum Gasteiger partial charge on any atom is -0.360 e. The molecule has 0 atom stereocenters. The standard InChI is InChI=1S/C14H24N4S2/c1-3-9-15-13(19)17-11-5-7-12(8-6-11)18-14(20)16-10-4-2/h3-4,11-12H,1-2,5-10H2,(H2,15,17,19)(H2,16,18,20). The highest BCUT2D eigenvalue weighted by atomic mass is 32.1. The zero-order valence-electron chi connectivity index (χ0n) is 11.8. The van der Waals surface area contributed by atoms with Gasteiger partial charge in [0.25, 0.3) is 0 Å². The first-order valence-corrected chi connectivity index (χ1v) is 7.78. The van der Waals surface area contributed by atoms with Crippen molar-refractivity contribution in [3.63, 3.8) is 0 Å². The Bertz CT molecular complexity index is 315. The summed E-state index contributed by atoms with van der Waals surface area (Å²) in [7, 11) is 0. The summed E-state index contributed by atoms with van der Waals surface area (Å²) in [6.07, 6.45) is 7.97. The molecule has 0 aliphatic heterocycles. The molecule has 0 bridgehead atoms. The zero-order valence-corrected chi connectivity index (χ0v) is 13.4. The summed E-state index contributed by atoms with van der Waals surface area (Å²) in [4.78, 5) is 0. The van der Waals surface area contributed by atoms with Crippen LogP contribution < -0.4 is 21.3 Å². The summed E-state index contributed by atoms with van der Waals surface area (Å²) in [6, 6.07) is 0.903. The van der Waals surface area contributed by atoms with Crippen LogP contribution in [0, 0.1) is 0 Å². The predicted octanol–water partition coefficient (Wildman–Crippen LogP) is 1.60. The zero-order chi connectivity index (χ0) is 14.8. The van der Waals surface area contributed by atoms with Crippen molar-refractivity contribution in [3.8, 4) is 0 Å². The maximum atomic E-state index is 5.22. The largest absolute Gasteiger partial charge is 0.360 e. The number of rotatable bonds is 6. The molecule has 1 aliphatic rings. The second-order valence-corrected chi connectivity index (χ2v) is 5.65. The summed E-state index contributed by atoms with van der Waals surface area (Å²) < 4.78 is 0. The van der Waals surface area contributed by atoms with Gasteiger partial charge < -0.3 is 21.3 Å². The normalized spacial score (nSPS) is 21.4. The minimum atomic E-state index is 0.451. The third-order valence-corrected chi connectivity index (χ3v) is 3.74. The van der Waals surface area contributed by atoms with Gasteiger partial charge in [-0.15, -0.1) is 13.2 Å². The second kappa shape index (κ2) is 9.72. The molecule has 4 nitrogen and oxygen atoms in total. The molecular formula is C14H24N4S2. The van der Waals surface area contributed by atoms with Gasteiger partial charge in [0.05, 0.1) is 0 Å². The summed E-state index contributed by atoms with van der Waals surface area (Å²) in [5, 5.41) is 14.3. The average molecular weight is 313 g/mol. The lowest BCUT2D eigenvalue weighted by Gasteiger charge is -2.31. The smallest absolute Gasteiger partial charge is 0.166 e. The van der Waals surface area contributed by atoms with Crippen molar-refractivity contribution in [2.24, 2.45) is 0 Å². The Kier molecular flexibility index (Phi) is 8.22. The van der Waals surface area contributed by atoms with E-state index in [9.17, 15) is 0 Å². The topological polar surface area (TPSA) is 48.1 Å². The number of hydrogen-bond donors (Lipinski definition) is 4. The maximum absolute atomic E-state index is 5.22. The molecule has 0 heterocycles. The monoisotopic (exact) mass is 312 g/mol. The summed E-state index contributed by atoms with van der Waals surface area (Å²) in [5.41, 5.74) is 0. The van der Waals surface area contributed by atoms with Crippen molar-refractivity contribution in [1.29, 1.82) is 0 Å². The lowest BCUT2D eigenvalue weighted by Crippen LogP contribution is -2.48. The summed E-state index contributed by atoms with van der Waals surface area (Å²) in [6.45, 7) is 8.71. The van der Waals surface area contributed by atoms with Crippen molar-refractivity contribution >= 4 is 34.7 Å². The molecule has 1 saturated carbocycles. The fraction of sp³-hybridized carbons (Fsp3) is 0.571. The molecule has 0 aromatic carbocycles. The molecule has 0 aromatic heterocycles. The molecule has 20 heavy (non-hydrogen) atoms. The SMILES string of the molecule is C=CCNC(=S)NC1CCC(NC(=S)NCC=C)CC1. The highest BCUT2D eigenvalue weighted by Gasteiger charge is 2.21. The summed E-state index contributed by atoms with van der Waals surface area (Å²) in [5.74, 6) is 0. The highest BCUT2D eigenvalue weighted by molar-refractivity contribution is 7.80. The van der Waals surface area contributed by atoms with Gasteiger partial charge in [0.1, 0.15) is 0 Å². The van der Waals surface area contributed by atoms with E-state index in [2.05, 4.69) is 34.4 Å². The summed E-state index contributed by atoms with van der Waals surface area (Å²) >= 11 is 10.4. The molecule has 0 saturated heterocycles. The van der Waals surface area contributed by atoms with Crippen LogP contribution in [0.25, 0.3) is 0 Å². The van der Waals surface area contributed by atoms with Crippen LogP contribution in [0.4, 0.5) is 0 Å². The van der Waals surface area contributed by atoms with Gasteiger partial charge in [0, 0.05) is 25.2 Å². The molecule has 0 spiro atoms. The maximum Gasteiger partial charge on any atom is 0.166 e. The number of thiocarbonyl (C=S) groups is 2. The molecule has 112 valence electrons. The van der Waals surface area contributed by atoms with E-state index in [1.807, 2.05) is 0 Å². The van der Waals surface area contributed by atoms with Gasteiger partial charge in [-0.1, -0.05) is 12.2 Å². The molecule has 0 unspecified atom stereocenters. The third-order valence-electron chi connectivity index (χ3n) is 3.21. The minimum absolute atomic E-state index is 0.451. The first-order valence-electron chi connectivity index (χ1n) is 6.96. The van der Waals surface area contributed by atoms with Gasteiger partial charge in [0.2, 0.25) is 0 Å². The molecule has 1 fully saturated rings. The molecule has 0 aromatic rings. The molecule has 4 N–H and O–H groups in total. The van der Waals surface area contributed by atoms with E-state index < -0.39 is 0 Å². The van der Waals surface area contributed by atoms with Crippen molar-refractivity contribution in [1.82, 2.24) is 21.3 Å². The van der Waals surface area contributed by atoms with Crippen LogP contribution in [-0.4, -0.2) is 35.4 Å². The van der Waals surface area contributed by atoms with Crippen molar-refractivity contribution in [3.05, 3.63) is 25.3 Å². The van der Waals surface area contributed by atoms with Crippen LogP contribution in [0.3, 0.4) is 0 Å². The van der Waals surface area contributed by atoms with Crippen LogP contribution >= 0.6 is 24.4 Å². The van der Waals surface area contributed by atoms with Gasteiger partial charge in [-0.2, -0.15) is 0 Å². The van der Waals surface area contributed by atoms with Crippen LogP contribution in [0.2, 0.25) is 0 Å². The van der Waals surface area contributed by atoms with Gasteiger partial charge in [-0.3, -0.25) is 0 Å². The highest BCUT2D eigenvalue weighted by Crippen LogP contribution is 2.18. The molecule has 1 rings (SSSR count). The first kappa shape index (κ1) is 16.9. The first-order chi connectivity index (χ1) is 9.65. The number of nitrogens with one attached hydrogen (secondary N) is 4. The van der Waals surface area contributed by atoms with Crippen LogP contribution in [0.5, 0.6) is 0 Å². The third kappa shape index (κ3) is 6.86. The van der Waals surface area contributed by atoms with E-state index in [-0.39, 0.29) is 0 Å². The van der Waals surface area contributed by atoms with Gasteiger partial charge >= 0.3 is 0 Å². The van der Waals surface area contributed by atoms with Gasteiger partial charge in [0.15, 0.2) is 10.2 Å².